The lowest BCUT2D eigenvalue weighted by atomic mass is 10.1. The van der Waals surface area contributed by atoms with Crippen LogP contribution in [-0.4, -0.2) is 45.9 Å². The van der Waals surface area contributed by atoms with Crippen LogP contribution in [0.5, 0.6) is 17.2 Å². The molecule has 0 aliphatic heterocycles. The summed E-state index contributed by atoms with van der Waals surface area (Å²) in [6, 6.07) is 8.14. The molecule has 1 aromatic heterocycles. The second kappa shape index (κ2) is 16.0. The van der Waals surface area contributed by atoms with Crippen LogP contribution < -0.4 is 30.2 Å². The predicted molar refractivity (Wildman–Crippen MR) is 155 cm³/mol. The van der Waals surface area contributed by atoms with Gasteiger partial charge in [-0.05, 0) is 30.2 Å². The van der Waals surface area contributed by atoms with E-state index in [1.54, 1.807) is 18.2 Å². The highest BCUT2D eigenvalue weighted by molar-refractivity contribution is 7.92. The Balaban J connectivity index is 0.00000287. The van der Waals surface area contributed by atoms with E-state index in [2.05, 4.69) is 16.2 Å². The Morgan fingerprint density at radius 3 is 2.24 bits per heavy atom. The molecule has 0 fully saturated rings. The van der Waals surface area contributed by atoms with Gasteiger partial charge in [0.15, 0.2) is 11.5 Å². The number of quaternary nitrogens is 2. The maximum atomic E-state index is 13.8. The summed E-state index contributed by atoms with van der Waals surface area (Å²) in [5, 5.41) is 9.49. The number of halogens is 1. The molecule has 3 rings (SSSR count). The molecular weight excluding hydrogens is 594 g/mol. The van der Waals surface area contributed by atoms with Crippen LogP contribution in [0.25, 0.3) is 10.1 Å². The number of hydrogen-bond donors (Lipinski definition) is 4. The number of nitrogens with zero attached hydrogens (tertiary/aromatic N) is 1. The van der Waals surface area contributed by atoms with Gasteiger partial charge >= 0.3 is 7.60 Å². The van der Waals surface area contributed by atoms with Crippen molar-refractivity contribution in [1.29, 1.82) is 5.26 Å². The van der Waals surface area contributed by atoms with Crippen molar-refractivity contribution in [3.8, 4) is 23.3 Å². The number of nitriles is 1. The Bertz CT molecular complexity index is 1510. The average molecular weight is 633 g/mol. The van der Waals surface area contributed by atoms with Crippen molar-refractivity contribution in [2.75, 3.05) is 32.6 Å². The minimum atomic E-state index is -4.57. The lowest BCUT2D eigenvalue weighted by molar-refractivity contribution is -0.369. The Morgan fingerprint density at radius 1 is 1.10 bits per heavy atom. The number of sulfonamides is 1. The second-order valence-electron chi connectivity index (χ2n) is 8.42. The highest BCUT2D eigenvalue weighted by Crippen LogP contribution is 2.44. The molecular formula is C26H38FN4O7PS2+2. The van der Waals surface area contributed by atoms with Gasteiger partial charge in [0.25, 0.3) is 10.0 Å². The zero-order chi connectivity index (χ0) is 30.6. The first-order valence-electron chi connectivity index (χ1n) is 13.2. The van der Waals surface area contributed by atoms with Crippen molar-refractivity contribution in [1.82, 2.24) is 4.72 Å². The van der Waals surface area contributed by atoms with Gasteiger partial charge in [0.2, 0.25) is 0 Å². The second-order valence-corrected chi connectivity index (χ2v) is 13.2. The van der Waals surface area contributed by atoms with Gasteiger partial charge in [0, 0.05) is 35.1 Å². The standard InChI is InChI=1S/C24H30FN4O7PS2.C2H6/c1-2-18-19-12-21(34-9-3-7-26)22(35-10-4-8-27)13-23(19)38-24(18)39(32,33)29-15-37(30,31)36-17-6-5-16(14-28)20(25)11-17;1-2/h5-6,11-13,29H,2-4,7-10,15,26-27H2,1H3,(H,30,31);1-2H3/p+2. The number of rotatable bonds is 15. The fraction of sp³-hybridized carbons (Fsp3) is 0.423. The highest BCUT2D eigenvalue weighted by Gasteiger charge is 2.29. The third kappa shape index (κ3) is 9.37. The predicted octanol–water partition coefficient (Wildman–Crippen LogP) is 3.02. The third-order valence-corrected chi connectivity index (χ3v) is 9.91. The zero-order valence-corrected chi connectivity index (χ0v) is 26.0. The number of ether oxygens (including phenoxy) is 2. The van der Waals surface area contributed by atoms with Crippen molar-refractivity contribution in [2.24, 2.45) is 0 Å². The van der Waals surface area contributed by atoms with E-state index in [4.69, 9.17) is 19.3 Å². The van der Waals surface area contributed by atoms with E-state index in [1.165, 1.54) is 0 Å². The van der Waals surface area contributed by atoms with Crippen LogP contribution in [0.4, 0.5) is 4.39 Å². The first-order valence-corrected chi connectivity index (χ1v) is 17.3. The quantitative estimate of drug-likeness (QED) is 0.145. The molecule has 1 atom stereocenters. The van der Waals surface area contributed by atoms with E-state index in [0.29, 0.717) is 59.9 Å². The van der Waals surface area contributed by atoms with Crippen molar-refractivity contribution < 1.29 is 47.7 Å². The van der Waals surface area contributed by atoms with Gasteiger partial charge in [-0.2, -0.15) is 9.98 Å². The number of nitrogens with one attached hydrogen (secondary N) is 1. The van der Waals surface area contributed by atoms with Gasteiger partial charge in [-0.3, -0.25) is 0 Å². The van der Waals surface area contributed by atoms with Crippen LogP contribution in [0.1, 0.15) is 44.7 Å². The topological polar surface area (TPSA) is 190 Å². The summed E-state index contributed by atoms with van der Waals surface area (Å²) in [5.74, 6) is -0.265. The molecule has 0 amide bonds. The minimum Gasteiger partial charge on any atom is -0.489 e. The smallest absolute Gasteiger partial charge is 0.391 e. The van der Waals surface area contributed by atoms with Gasteiger partial charge in [0.1, 0.15) is 28.1 Å². The largest absolute Gasteiger partial charge is 0.489 e. The molecule has 0 radical (unpaired) electrons. The Labute approximate surface area is 243 Å². The first-order chi connectivity index (χ1) is 19.5. The summed E-state index contributed by atoms with van der Waals surface area (Å²) >= 11 is 1.01. The zero-order valence-electron chi connectivity index (χ0n) is 23.4. The average Bonchev–Trinajstić information content (AvgIpc) is 3.32. The van der Waals surface area contributed by atoms with Crippen LogP contribution in [-0.2, 0) is 21.0 Å². The summed E-state index contributed by atoms with van der Waals surface area (Å²) < 4.78 is 72.4. The van der Waals surface area contributed by atoms with E-state index in [0.717, 1.165) is 42.4 Å². The van der Waals surface area contributed by atoms with Crippen molar-refractivity contribution in [3.63, 3.8) is 0 Å². The van der Waals surface area contributed by atoms with Crippen molar-refractivity contribution in [3.05, 3.63) is 47.3 Å². The van der Waals surface area contributed by atoms with Gasteiger partial charge in [0.05, 0.1) is 31.9 Å². The van der Waals surface area contributed by atoms with Crippen molar-refractivity contribution in [2.45, 2.75) is 44.2 Å². The van der Waals surface area contributed by atoms with Gasteiger partial charge in [-0.15, -0.1) is 11.3 Å². The summed E-state index contributed by atoms with van der Waals surface area (Å²) in [6.45, 7) is 8.06. The van der Waals surface area contributed by atoms with Gasteiger partial charge in [-0.25, -0.2) is 17.4 Å². The van der Waals surface area contributed by atoms with Crippen LogP contribution in [0.15, 0.2) is 34.5 Å². The molecule has 11 nitrogen and oxygen atoms in total. The highest BCUT2D eigenvalue weighted by atomic mass is 32.2. The molecule has 0 bridgehead atoms. The number of hydrogen-bond acceptors (Lipinski definition) is 8. The third-order valence-electron chi connectivity index (χ3n) is 5.48. The van der Waals surface area contributed by atoms with E-state index in [9.17, 15) is 22.3 Å². The number of benzene rings is 2. The molecule has 0 spiro atoms. The van der Waals surface area contributed by atoms with Crippen LogP contribution in [0.2, 0.25) is 0 Å². The Hall–Kier alpha value is -2.76. The molecule has 0 saturated carbocycles. The summed E-state index contributed by atoms with van der Waals surface area (Å²) in [5.41, 5.74) is 7.88. The molecule has 41 heavy (non-hydrogen) atoms. The Kier molecular flexibility index (Phi) is 13.5. The molecule has 226 valence electrons. The Morgan fingerprint density at radius 2 is 1.71 bits per heavy atom. The number of aryl methyl sites for hydroxylation is 1. The molecule has 1 heterocycles. The van der Waals surface area contributed by atoms with Gasteiger partial charge in [-0.1, -0.05) is 20.8 Å². The summed E-state index contributed by atoms with van der Waals surface area (Å²) in [6.07, 6.45) is 0.896. The van der Waals surface area contributed by atoms with Crippen LogP contribution in [0.3, 0.4) is 0 Å². The minimum absolute atomic E-state index is 0.0111. The van der Waals surface area contributed by atoms with E-state index < -0.39 is 29.7 Å². The van der Waals surface area contributed by atoms with Crippen LogP contribution in [0, 0.1) is 17.1 Å². The SMILES string of the molecule is CC.CCc1c(S(=O)(=O)NCP(=O)(O)Oc2ccc(C#N)c(F)c2)sc2cc(OCCC[NH3+])c(OCCC[NH3+])cc12. The maximum Gasteiger partial charge on any atom is 0.391 e. The normalized spacial score (nSPS) is 12.6. The van der Waals surface area contributed by atoms with E-state index in [1.807, 2.05) is 20.8 Å². The molecule has 2 aromatic carbocycles. The summed E-state index contributed by atoms with van der Waals surface area (Å²) in [7, 11) is -8.80. The number of fused-ring (bicyclic) bond motifs is 1. The van der Waals surface area contributed by atoms with Crippen LogP contribution >= 0.6 is 18.9 Å². The maximum absolute atomic E-state index is 13.8. The molecule has 0 aliphatic rings. The molecule has 3 aromatic rings. The molecule has 15 heteroatoms. The fourth-order valence-corrected chi connectivity index (χ4v) is 8.02. The van der Waals surface area contributed by atoms with Gasteiger partial charge < -0.3 is 30.4 Å². The van der Waals surface area contributed by atoms with E-state index in [-0.39, 0.29) is 15.5 Å². The molecule has 0 saturated heterocycles. The first kappa shape index (κ1) is 34.4. The van der Waals surface area contributed by atoms with Crippen molar-refractivity contribution >= 4 is 39.0 Å². The van der Waals surface area contributed by atoms with E-state index >= 15 is 0 Å². The lowest BCUT2D eigenvalue weighted by Crippen LogP contribution is -2.50. The lowest BCUT2D eigenvalue weighted by Gasteiger charge is -2.14. The fourth-order valence-electron chi connectivity index (χ4n) is 3.55. The monoisotopic (exact) mass is 632 g/mol. The molecule has 0 aliphatic carbocycles. The summed E-state index contributed by atoms with van der Waals surface area (Å²) in [4.78, 5) is 10.2. The molecule has 1 unspecified atom stereocenters. The number of thiophene rings is 1. The molecule has 8 N–H and O–H groups in total.